The van der Waals surface area contributed by atoms with Crippen molar-refractivity contribution >= 4 is 23.5 Å². The monoisotopic (exact) mass is 347 g/mol. The predicted octanol–water partition coefficient (Wildman–Crippen LogP) is 1.81. The predicted molar refractivity (Wildman–Crippen MR) is 89.8 cm³/mol. The molecule has 1 aliphatic heterocycles. The SMILES string of the molecule is Cn1ccc(N2CCC[C@@H](Sc3nnnn3C3CCCC3)C2=O)n1. The van der Waals surface area contributed by atoms with Gasteiger partial charge >= 0.3 is 0 Å². The van der Waals surface area contributed by atoms with Crippen molar-refractivity contribution in [3.8, 4) is 0 Å². The molecule has 0 radical (unpaired) electrons. The van der Waals surface area contributed by atoms with Crippen molar-refractivity contribution in [3.05, 3.63) is 12.3 Å². The lowest BCUT2D eigenvalue weighted by atomic mass is 10.1. The second-order valence-corrected chi connectivity index (χ2v) is 7.60. The maximum absolute atomic E-state index is 12.9. The standard InChI is InChI=1S/C15H21N7OS/c1-20-10-8-13(17-20)21-9-4-7-12(14(21)23)24-15-16-18-19-22(15)11-5-2-3-6-11/h8,10-12H,2-7,9H2,1H3/t12-/m1/s1. The number of hydrogen-bond donors (Lipinski definition) is 0. The third kappa shape index (κ3) is 2.92. The molecule has 4 rings (SSSR count). The molecule has 0 bridgehead atoms. The Balaban J connectivity index is 1.50. The number of carbonyl (C=O) groups is 1. The fourth-order valence-electron chi connectivity index (χ4n) is 3.49. The summed E-state index contributed by atoms with van der Waals surface area (Å²) in [5.41, 5.74) is 0. The largest absolute Gasteiger partial charge is 0.294 e. The molecular weight excluding hydrogens is 326 g/mol. The number of hydrogen-bond acceptors (Lipinski definition) is 6. The van der Waals surface area contributed by atoms with Crippen LogP contribution in [0.3, 0.4) is 0 Å². The number of carbonyl (C=O) groups excluding carboxylic acids is 1. The molecule has 1 atom stereocenters. The highest BCUT2D eigenvalue weighted by molar-refractivity contribution is 8.00. The van der Waals surface area contributed by atoms with Gasteiger partial charge in [0.25, 0.3) is 0 Å². The molecular formula is C15H21N7OS. The van der Waals surface area contributed by atoms with Crippen LogP contribution in [0.15, 0.2) is 17.4 Å². The van der Waals surface area contributed by atoms with Crippen LogP contribution in [0.4, 0.5) is 5.82 Å². The van der Waals surface area contributed by atoms with Crippen molar-refractivity contribution in [2.75, 3.05) is 11.4 Å². The van der Waals surface area contributed by atoms with E-state index >= 15 is 0 Å². The van der Waals surface area contributed by atoms with E-state index < -0.39 is 0 Å². The van der Waals surface area contributed by atoms with Crippen molar-refractivity contribution in [1.82, 2.24) is 30.0 Å². The number of aryl methyl sites for hydroxylation is 1. The van der Waals surface area contributed by atoms with Crippen LogP contribution in [0, 0.1) is 0 Å². The summed E-state index contributed by atoms with van der Waals surface area (Å²) < 4.78 is 3.64. The Kier molecular flexibility index (Phi) is 4.26. The zero-order valence-electron chi connectivity index (χ0n) is 13.7. The van der Waals surface area contributed by atoms with Crippen molar-refractivity contribution < 1.29 is 4.79 Å². The molecule has 9 heteroatoms. The third-order valence-corrected chi connectivity index (χ3v) is 5.95. The first-order valence-corrected chi connectivity index (χ1v) is 9.36. The van der Waals surface area contributed by atoms with Crippen LogP contribution in [0.25, 0.3) is 0 Å². The smallest absolute Gasteiger partial charge is 0.241 e. The molecule has 1 amide bonds. The van der Waals surface area contributed by atoms with Crippen LogP contribution >= 0.6 is 11.8 Å². The summed E-state index contributed by atoms with van der Waals surface area (Å²) in [7, 11) is 1.86. The first kappa shape index (κ1) is 15.6. The molecule has 8 nitrogen and oxygen atoms in total. The fraction of sp³-hybridized carbons (Fsp3) is 0.667. The lowest BCUT2D eigenvalue weighted by molar-refractivity contribution is -0.119. The van der Waals surface area contributed by atoms with Crippen molar-refractivity contribution in [2.24, 2.45) is 7.05 Å². The summed E-state index contributed by atoms with van der Waals surface area (Å²) in [6.07, 6.45) is 8.37. The molecule has 2 aromatic rings. The maximum Gasteiger partial charge on any atom is 0.241 e. The Bertz CT molecular complexity index is 721. The maximum atomic E-state index is 12.9. The minimum absolute atomic E-state index is 0.103. The molecule has 24 heavy (non-hydrogen) atoms. The Labute approximate surface area is 144 Å². The number of rotatable bonds is 4. The molecule has 0 unspecified atom stereocenters. The molecule has 3 heterocycles. The van der Waals surface area contributed by atoms with Crippen molar-refractivity contribution in [1.29, 1.82) is 0 Å². The molecule has 0 aromatic carbocycles. The normalized spacial score (nSPS) is 22.5. The zero-order chi connectivity index (χ0) is 16.5. The summed E-state index contributed by atoms with van der Waals surface area (Å²) in [6, 6.07) is 2.26. The number of aromatic nitrogens is 6. The number of thioether (sulfide) groups is 1. The van der Waals surface area contributed by atoms with Gasteiger partial charge in [-0.05, 0) is 36.1 Å². The van der Waals surface area contributed by atoms with Crippen LogP contribution in [0.5, 0.6) is 0 Å². The van der Waals surface area contributed by atoms with Gasteiger partial charge in [-0.2, -0.15) is 5.10 Å². The molecule has 1 saturated carbocycles. The van der Waals surface area contributed by atoms with E-state index in [2.05, 4.69) is 20.6 Å². The van der Waals surface area contributed by atoms with E-state index in [0.717, 1.165) is 43.2 Å². The lowest BCUT2D eigenvalue weighted by Gasteiger charge is -2.30. The number of nitrogens with zero attached hydrogens (tertiary/aromatic N) is 7. The van der Waals surface area contributed by atoms with Crippen molar-refractivity contribution in [3.63, 3.8) is 0 Å². The summed E-state index contributed by atoms with van der Waals surface area (Å²) in [4.78, 5) is 14.7. The summed E-state index contributed by atoms with van der Waals surface area (Å²) in [5.74, 6) is 0.828. The highest BCUT2D eigenvalue weighted by Crippen LogP contribution is 2.35. The third-order valence-electron chi connectivity index (χ3n) is 4.75. The lowest BCUT2D eigenvalue weighted by Crippen LogP contribution is -2.43. The van der Waals surface area contributed by atoms with E-state index in [-0.39, 0.29) is 11.2 Å². The topological polar surface area (TPSA) is 81.7 Å². The number of tetrazole rings is 1. The van der Waals surface area contributed by atoms with E-state index in [1.54, 1.807) is 9.58 Å². The first-order valence-electron chi connectivity index (χ1n) is 8.48. The molecule has 2 aromatic heterocycles. The summed E-state index contributed by atoms with van der Waals surface area (Å²) >= 11 is 1.50. The fourth-order valence-corrected chi connectivity index (χ4v) is 4.64. The van der Waals surface area contributed by atoms with E-state index in [9.17, 15) is 4.79 Å². The van der Waals surface area contributed by atoms with Gasteiger partial charge < -0.3 is 0 Å². The quantitative estimate of drug-likeness (QED) is 0.839. The van der Waals surface area contributed by atoms with Crippen LogP contribution in [0.2, 0.25) is 0 Å². The number of piperidine rings is 1. The minimum Gasteiger partial charge on any atom is -0.294 e. The highest BCUT2D eigenvalue weighted by Gasteiger charge is 2.33. The molecule has 128 valence electrons. The molecule has 2 aliphatic rings. The van der Waals surface area contributed by atoms with Gasteiger partial charge in [0.1, 0.15) is 0 Å². The van der Waals surface area contributed by atoms with Gasteiger partial charge in [0, 0.05) is 25.9 Å². The minimum atomic E-state index is -0.146. The Morgan fingerprint density at radius 3 is 2.79 bits per heavy atom. The average Bonchev–Trinajstić information content (AvgIpc) is 3.30. The Morgan fingerprint density at radius 2 is 2.04 bits per heavy atom. The van der Waals surface area contributed by atoms with Gasteiger partial charge in [-0.3, -0.25) is 14.4 Å². The molecule has 0 spiro atoms. The second-order valence-electron chi connectivity index (χ2n) is 6.43. The van der Waals surface area contributed by atoms with E-state index in [0.29, 0.717) is 6.04 Å². The summed E-state index contributed by atoms with van der Waals surface area (Å²) in [5, 5.41) is 17.2. The van der Waals surface area contributed by atoms with Gasteiger partial charge in [-0.15, -0.1) is 5.10 Å². The average molecular weight is 347 g/mol. The molecule has 0 N–H and O–H groups in total. The Morgan fingerprint density at radius 1 is 1.21 bits per heavy atom. The van der Waals surface area contributed by atoms with Crippen molar-refractivity contribution in [2.45, 2.75) is 55.0 Å². The van der Waals surface area contributed by atoms with Crippen LogP contribution in [-0.4, -0.2) is 47.7 Å². The van der Waals surface area contributed by atoms with Crippen LogP contribution < -0.4 is 4.90 Å². The molecule has 2 fully saturated rings. The van der Waals surface area contributed by atoms with Gasteiger partial charge in [0.15, 0.2) is 5.82 Å². The van der Waals surface area contributed by atoms with E-state index in [1.807, 2.05) is 24.0 Å². The van der Waals surface area contributed by atoms with Gasteiger partial charge in [-0.25, -0.2) is 4.68 Å². The number of amides is 1. The highest BCUT2D eigenvalue weighted by atomic mass is 32.2. The first-order chi connectivity index (χ1) is 11.7. The second kappa shape index (κ2) is 6.54. The van der Waals surface area contributed by atoms with Crippen LogP contribution in [0.1, 0.15) is 44.6 Å². The number of anilines is 1. The van der Waals surface area contributed by atoms with E-state index in [1.165, 1.54) is 24.6 Å². The Hall–Kier alpha value is -1.90. The van der Waals surface area contributed by atoms with Gasteiger partial charge in [0.2, 0.25) is 11.1 Å². The molecule has 1 saturated heterocycles. The van der Waals surface area contributed by atoms with Gasteiger partial charge in [-0.1, -0.05) is 24.6 Å². The molecule has 1 aliphatic carbocycles. The zero-order valence-corrected chi connectivity index (χ0v) is 14.5. The van der Waals surface area contributed by atoms with Gasteiger partial charge in [0.05, 0.1) is 11.3 Å². The van der Waals surface area contributed by atoms with E-state index in [4.69, 9.17) is 0 Å². The summed E-state index contributed by atoms with van der Waals surface area (Å²) in [6.45, 7) is 0.723. The van der Waals surface area contributed by atoms with Crippen LogP contribution in [-0.2, 0) is 11.8 Å².